The van der Waals surface area contributed by atoms with Crippen molar-refractivity contribution in [2.45, 2.75) is 6.17 Å². The van der Waals surface area contributed by atoms with Gasteiger partial charge in [0.25, 0.3) is 5.69 Å². The van der Waals surface area contributed by atoms with Gasteiger partial charge in [0.05, 0.1) is 20.4 Å². The Balaban J connectivity index is 1.78. The van der Waals surface area contributed by atoms with Crippen LogP contribution in [0.25, 0.3) is 22.1 Å². The van der Waals surface area contributed by atoms with Crippen molar-refractivity contribution in [1.82, 2.24) is 30.0 Å². The molecular formula is C19H12BrN7O2. The number of aromatic nitrogens is 6. The molecule has 142 valence electrons. The van der Waals surface area contributed by atoms with Crippen molar-refractivity contribution in [1.29, 1.82) is 0 Å². The minimum absolute atomic E-state index is 0.0144. The summed E-state index contributed by atoms with van der Waals surface area (Å²) >= 11 is 3.31. The van der Waals surface area contributed by atoms with Gasteiger partial charge in [-0.3, -0.25) is 10.1 Å². The number of nitro benzene ring substituents is 1. The average Bonchev–Trinajstić information content (AvgIpc) is 3.34. The summed E-state index contributed by atoms with van der Waals surface area (Å²) in [6.45, 7) is 0. The van der Waals surface area contributed by atoms with E-state index in [1.165, 1.54) is 6.07 Å². The minimum atomic E-state index is -0.535. The highest BCUT2D eigenvalue weighted by Gasteiger charge is 2.25. The van der Waals surface area contributed by atoms with Crippen molar-refractivity contribution in [2.24, 2.45) is 0 Å². The van der Waals surface area contributed by atoms with Gasteiger partial charge in [-0.05, 0) is 52.3 Å². The van der Waals surface area contributed by atoms with Crippen LogP contribution in [0.5, 0.6) is 0 Å². The monoisotopic (exact) mass is 449 g/mol. The van der Waals surface area contributed by atoms with E-state index in [9.17, 15) is 10.1 Å². The first-order valence-corrected chi connectivity index (χ1v) is 9.46. The molecule has 0 fully saturated rings. The first-order chi connectivity index (χ1) is 14.1. The molecule has 0 saturated carbocycles. The molecule has 2 heterocycles. The molecule has 2 aromatic heterocycles. The molecule has 0 bridgehead atoms. The van der Waals surface area contributed by atoms with Gasteiger partial charge in [0.2, 0.25) is 0 Å². The zero-order valence-corrected chi connectivity index (χ0v) is 16.3. The summed E-state index contributed by atoms with van der Waals surface area (Å²) in [7, 11) is 0. The maximum Gasteiger partial charge on any atom is 0.283 e. The Labute approximate surface area is 171 Å². The van der Waals surface area contributed by atoms with E-state index in [1.54, 1.807) is 21.5 Å². The highest BCUT2D eigenvalue weighted by molar-refractivity contribution is 9.10. The first kappa shape index (κ1) is 17.4. The second-order valence-electron chi connectivity index (χ2n) is 6.39. The van der Waals surface area contributed by atoms with Gasteiger partial charge in [0.1, 0.15) is 11.0 Å². The van der Waals surface area contributed by atoms with E-state index in [4.69, 9.17) is 0 Å². The SMILES string of the molecule is O=[N+]([O-])c1ccc(C(n2nnc3ccccc32)n2nnc3ccccc32)cc1Br. The standard InChI is InChI=1S/C19H12BrN7O2/c20-13-11-12(9-10-16(13)27(28)29)19(25-17-7-3-1-5-14(17)21-23-25)26-18-8-4-2-6-15(18)22-24-26/h1-11,19H. The van der Waals surface area contributed by atoms with E-state index in [2.05, 4.69) is 36.6 Å². The average molecular weight is 450 g/mol. The molecule has 0 radical (unpaired) electrons. The lowest BCUT2D eigenvalue weighted by molar-refractivity contribution is -0.385. The van der Waals surface area contributed by atoms with Crippen LogP contribution in [-0.2, 0) is 0 Å². The lowest BCUT2D eigenvalue weighted by Crippen LogP contribution is -2.22. The minimum Gasteiger partial charge on any atom is -0.258 e. The molecule has 3 aromatic carbocycles. The molecule has 5 rings (SSSR count). The Morgan fingerprint density at radius 2 is 1.41 bits per heavy atom. The van der Waals surface area contributed by atoms with Crippen molar-refractivity contribution in [3.05, 3.63) is 86.9 Å². The van der Waals surface area contributed by atoms with Crippen molar-refractivity contribution in [2.75, 3.05) is 0 Å². The van der Waals surface area contributed by atoms with E-state index in [0.717, 1.165) is 27.6 Å². The molecule has 0 saturated heterocycles. The lowest BCUT2D eigenvalue weighted by Gasteiger charge is -2.19. The van der Waals surface area contributed by atoms with Crippen LogP contribution >= 0.6 is 15.9 Å². The summed E-state index contributed by atoms with van der Waals surface area (Å²) in [5, 5.41) is 28.4. The number of rotatable bonds is 4. The highest BCUT2D eigenvalue weighted by Crippen LogP contribution is 2.32. The third-order valence-electron chi connectivity index (χ3n) is 4.68. The number of hydrogen-bond donors (Lipinski definition) is 0. The molecule has 0 aliphatic rings. The highest BCUT2D eigenvalue weighted by atomic mass is 79.9. The summed E-state index contributed by atoms with van der Waals surface area (Å²) in [4.78, 5) is 10.8. The zero-order chi connectivity index (χ0) is 20.0. The molecule has 0 spiro atoms. The Hall–Kier alpha value is -3.66. The van der Waals surface area contributed by atoms with Crippen LogP contribution in [0.1, 0.15) is 11.7 Å². The van der Waals surface area contributed by atoms with Crippen molar-refractivity contribution < 1.29 is 4.92 Å². The summed E-state index contributed by atoms with van der Waals surface area (Å²) < 4.78 is 3.85. The topological polar surface area (TPSA) is 105 Å². The summed E-state index contributed by atoms with van der Waals surface area (Å²) in [5.41, 5.74) is 3.83. The van der Waals surface area contributed by atoms with Crippen LogP contribution in [-0.4, -0.2) is 34.9 Å². The van der Waals surface area contributed by atoms with Crippen molar-refractivity contribution in [3.8, 4) is 0 Å². The fraction of sp³-hybridized carbons (Fsp3) is 0.0526. The van der Waals surface area contributed by atoms with Crippen LogP contribution in [0, 0.1) is 10.1 Å². The second kappa shape index (κ2) is 6.74. The van der Waals surface area contributed by atoms with E-state index < -0.39 is 11.1 Å². The van der Waals surface area contributed by atoms with Gasteiger partial charge in [0, 0.05) is 11.6 Å². The van der Waals surface area contributed by atoms with Gasteiger partial charge < -0.3 is 0 Å². The van der Waals surface area contributed by atoms with Crippen molar-refractivity contribution in [3.63, 3.8) is 0 Å². The quantitative estimate of drug-likeness (QED) is 0.304. The molecule has 10 heteroatoms. The zero-order valence-electron chi connectivity index (χ0n) is 14.8. The summed E-state index contributed by atoms with van der Waals surface area (Å²) in [6.07, 6.45) is -0.535. The largest absolute Gasteiger partial charge is 0.283 e. The maximum atomic E-state index is 11.2. The number of hydrogen-bond acceptors (Lipinski definition) is 6. The van der Waals surface area contributed by atoms with Crippen LogP contribution in [0.15, 0.2) is 71.2 Å². The van der Waals surface area contributed by atoms with Crippen LogP contribution in [0.3, 0.4) is 0 Å². The van der Waals surface area contributed by atoms with Crippen molar-refractivity contribution >= 4 is 43.7 Å². The van der Waals surface area contributed by atoms with Crippen LogP contribution in [0.2, 0.25) is 0 Å². The number of fused-ring (bicyclic) bond motifs is 2. The number of nitro groups is 1. The normalized spacial score (nSPS) is 11.5. The Kier molecular flexibility index (Phi) is 4.06. The molecule has 29 heavy (non-hydrogen) atoms. The second-order valence-corrected chi connectivity index (χ2v) is 7.24. The van der Waals surface area contributed by atoms with E-state index in [-0.39, 0.29) is 5.69 Å². The van der Waals surface area contributed by atoms with Gasteiger partial charge in [-0.2, -0.15) is 0 Å². The maximum absolute atomic E-state index is 11.2. The van der Waals surface area contributed by atoms with E-state index >= 15 is 0 Å². The molecule has 0 atom stereocenters. The third-order valence-corrected chi connectivity index (χ3v) is 5.32. The predicted molar refractivity (Wildman–Crippen MR) is 109 cm³/mol. The molecular weight excluding hydrogens is 438 g/mol. The lowest BCUT2D eigenvalue weighted by atomic mass is 10.1. The number of halogens is 1. The van der Waals surface area contributed by atoms with E-state index in [0.29, 0.717) is 4.47 Å². The molecule has 0 aliphatic carbocycles. The van der Waals surface area contributed by atoms with E-state index in [1.807, 2.05) is 48.5 Å². The fourth-order valence-corrected chi connectivity index (χ4v) is 3.89. The molecule has 0 N–H and O–H groups in total. The molecule has 0 amide bonds. The molecule has 0 unspecified atom stereocenters. The van der Waals surface area contributed by atoms with Gasteiger partial charge in [0.15, 0.2) is 6.17 Å². The Bertz CT molecular complexity index is 1300. The fourth-order valence-electron chi connectivity index (χ4n) is 3.35. The van der Waals surface area contributed by atoms with Gasteiger partial charge >= 0.3 is 0 Å². The Morgan fingerprint density at radius 1 is 0.862 bits per heavy atom. The number of nitrogens with zero attached hydrogens (tertiary/aromatic N) is 7. The Morgan fingerprint density at radius 3 is 1.93 bits per heavy atom. The smallest absolute Gasteiger partial charge is 0.258 e. The predicted octanol–water partition coefficient (Wildman–Crippen LogP) is 3.94. The molecule has 9 nitrogen and oxygen atoms in total. The first-order valence-electron chi connectivity index (χ1n) is 8.67. The number of para-hydroxylation sites is 2. The van der Waals surface area contributed by atoms with Crippen LogP contribution < -0.4 is 0 Å². The third kappa shape index (κ3) is 2.85. The molecule has 0 aliphatic heterocycles. The van der Waals surface area contributed by atoms with Gasteiger partial charge in [-0.25, -0.2) is 9.36 Å². The summed E-state index contributed by atoms with van der Waals surface area (Å²) in [5.74, 6) is 0. The van der Waals surface area contributed by atoms with Gasteiger partial charge in [-0.1, -0.05) is 34.7 Å². The number of benzene rings is 3. The summed E-state index contributed by atoms with van der Waals surface area (Å²) in [6, 6.07) is 20.1. The van der Waals surface area contributed by atoms with Gasteiger partial charge in [-0.15, -0.1) is 10.2 Å². The van der Waals surface area contributed by atoms with Crippen LogP contribution in [0.4, 0.5) is 5.69 Å². The molecule has 5 aromatic rings.